The fraction of sp³-hybridized carbons (Fsp3) is 0.333. The summed E-state index contributed by atoms with van der Waals surface area (Å²) in [6.07, 6.45) is 1.03. The zero-order valence-electron chi connectivity index (χ0n) is 12.6. The van der Waals surface area contributed by atoms with E-state index >= 15 is 0 Å². The minimum Gasteiger partial charge on any atom is -0.494 e. The van der Waals surface area contributed by atoms with Gasteiger partial charge in [-0.3, -0.25) is 0 Å². The molecule has 1 N–H and O–H groups in total. The maximum atomic E-state index is 5.67. The van der Waals surface area contributed by atoms with Crippen LogP contribution in [0.15, 0.2) is 53.0 Å². The van der Waals surface area contributed by atoms with Crippen LogP contribution in [-0.4, -0.2) is 6.61 Å². The van der Waals surface area contributed by atoms with E-state index in [4.69, 9.17) is 4.74 Å². The number of benzene rings is 2. The van der Waals surface area contributed by atoms with Gasteiger partial charge in [-0.25, -0.2) is 0 Å². The fourth-order valence-corrected chi connectivity index (χ4v) is 2.80. The molecule has 0 aromatic heterocycles. The van der Waals surface area contributed by atoms with Crippen LogP contribution in [0.5, 0.6) is 5.75 Å². The summed E-state index contributed by atoms with van der Waals surface area (Å²) in [6, 6.07) is 16.9. The molecule has 2 nitrogen and oxygen atoms in total. The van der Waals surface area contributed by atoms with Gasteiger partial charge in [-0.1, -0.05) is 53.2 Å². The van der Waals surface area contributed by atoms with Crippen LogP contribution in [0.2, 0.25) is 0 Å². The third-order valence-electron chi connectivity index (χ3n) is 3.36. The summed E-state index contributed by atoms with van der Waals surface area (Å²) in [5.41, 5.74) is 2.51. The lowest BCUT2D eigenvalue weighted by Crippen LogP contribution is -2.18. The summed E-state index contributed by atoms with van der Waals surface area (Å²) < 4.78 is 6.81. The molecule has 0 saturated carbocycles. The third-order valence-corrected chi connectivity index (χ3v) is 4.08. The van der Waals surface area contributed by atoms with Gasteiger partial charge in [0.1, 0.15) is 5.75 Å². The van der Waals surface area contributed by atoms with Gasteiger partial charge in [0.05, 0.1) is 6.61 Å². The second kappa shape index (κ2) is 8.20. The summed E-state index contributed by atoms with van der Waals surface area (Å²) in [5, 5.41) is 3.55. The van der Waals surface area contributed by atoms with Gasteiger partial charge in [0, 0.05) is 17.1 Å². The molecule has 0 aliphatic heterocycles. The number of hydrogen-bond acceptors (Lipinski definition) is 2. The fourth-order valence-electron chi connectivity index (χ4n) is 2.17. The summed E-state index contributed by atoms with van der Waals surface area (Å²) in [7, 11) is 0. The van der Waals surface area contributed by atoms with Gasteiger partial charge in [-0.05, 0) is 42.7 Å². The highest BCUT2D eigenvalue weighted by Crippen LogP contribution is 2.23. The minimum atomic E-state index is 0.292. The summed E-state index contributed by atoms with van der Waals surface area (Å²) >= 11 is 3.60. The number of ether oxygens (including phenoxy) is 1. The second-order valence-corrected chi connectivity index (χ2v) is 5.97. The van der Waals surface area contributed by atoms with Crippen LogP contribution in [0.4, 0.5) is 0 Å². The number of nitrogens with one attached hydrogen (secondary N) is 1. The monoisotopic (exact) mass is 347 g/mol. The molecule has 2 aromatic carbocycles. The van der Waals surface area contributed by atoms with E-state index in [1.54, 1.807) is 0 Å². The quantitative estimate of drug-likeness (QED) is 0.753. The molecule has 1 atom stereocenters. The molecule has 112 valence electrons. The van der Waals surface area contributed by atoms with E-state index in [-0.39, 0.29) is 0 Å². The van der Waals surface area contributed by atoms with Gasteiger partial charge in [0.25, 0.3) is 0 Å². The Morgan fingerprint density at radius 1 is 1.14 bits per heavy atom. The van der Waals surface area contributed by atoms with E-state index in [0.29, 0.717) is 6.04 Å². The molecule has 0 aliphatic rings. The summed E-state index contributed by atoms with van der Waals surface area (Å²) in [5.74, 6) is 0.949. The zero-order valence-corrected chi connectivity index (χ0v) is 14.2. The zero-order chi connectivity index (χ0) is 15.1. The maximum Gasteiger partial charge on any atom is 0.119 e. The summed E-state index contributed by atoms with van der Waals surface area (Å²) in [4.78, 5) is 0. The topological polar surface area (TPSA) is 21.3 Å². The molecule has 0 spiro atoms. The van der Waals surface area contributed by atoms with Gasteiger partial charge in [0.15, 0.2) is 0 Å². The van der Waals surface area contributed by atoms with E-state index in [0.717, 1.165) is 29.8 Å². The largest absolute Gasteiger partial charge is 0.494 e. The molecule has 2 rings (SSSR count). The number of rotatable bonds is 7. The highest BCUT2D eigenvalue weighted by atomic mass is 79.9. The van der Waals surface area contributed by atoms with Crippen molar-refractivity contribution >= 4 is 15.9 Å². The van der Waals surface area contributed by atoms with Crippen LogP contribution >= 0.6 is 15.9 Å². The normalized spacial score (nSPS) is 12.1. The van der Waals surface area contributed by atoms with Crippen LogP contribution < -0.4 is 10.1 Å². The van der Waals surface area contributed by atoms with Crippen LogP contribution in [0.25, 0.3) is 0 Å². The van der Waals surface area contributed by atoms with E-state index in [1.807, 2.05) is 18.2 Å². The number of hydrogen-bond donors (Lipinski definition) is 1. The molecular weight excluding hydrogens is 326 g/mol. The van der Waals surface area contributed by atoms with E-state index in [2.05, 4.69) is 65.4 Å². The molecule has 0 heterocycles. The minimum absolute atomic E-state index is 0.292. The van der Waals surface area contributed by atoms with Crippen LogP contribution in [0.1, 0.15) is 37.4 Å². The van der Waals surface area contributed by atoms with Gasteiger partial charge in [-0.2, -0.15) is 0 Å². The van der Waals surface area contributed by atoms with Crippen molar-refractivity contribution in [1.82, 2.24) is 5.32 Å². The molecule has 0 saturated heterocycles. The Balaban J connectivity index is 1.95. The van der Waals surface area contributed by atoms with Crippen molar-refractivity contribution in [2.75, 3.05) is 6.61 Å². The van der Waals surface area contributed by atoms with Gasteiger partial charge in [-0.15, -0.1) is 0 Å². The predicted octanol–water partition coefficient (Wildman–Crippen LogP) is 5.09. The maximum absolute atomic E-state index is 5.67. The SMILES string of the molecule is CCCOc1cccc(CN[C@H](C)c2ccccc2Br)c1. The lowest BCUT2D eigenvalue weighted by atomic mass is 10.1. The van der Waals surface area contributed by atoms with E-state index < -0.39 is 0 Å². The lowest BCUT2D eigenvalue weighted by molar-refractivity contribution is 0.317. The molecule has 0 radical (unpaired) electrons. The first-order chi connectivity index (χ1) is 10.2. The molecule has 0 fully saturated rings. The Hall–Kier alpha value is -1.32. The molecule has 0 unspecified atom stereocenters. The van der Waals surface area contributed by atoms with Crippen LogP contribution in [0, 0.1) is 0 Å². The smallest absolute Gasteiger partial charge is 0.119 e. The Morgan fingerprint density at radius 2 is 1.95 bits per heavy atom. The first-order valence-electron chi connectivity index (χ1n) is 7.40. The Labute approximate surface area is 135 Å². The van der Waals surface area contributed by atoms with Crippen molar-refractivity contribution in [2.24, 2.45) is 0 Å². The second-order valence-electron chi connectivity index (χ2n) is 5.12. The molecule has 0 aliphatic carbocycles. The van der Waals surface area contributed by atoms with E-state index in [1.165, 1.54) is 11.1 Å². The first kappa shape index (κ1) is 16.1. The average molecular weight is 348 g/mol. The molecule has 21 heavy (non-hydrogen) atoms. The highest BCUT2D eigenvalue weighted by Gasteiger charge is 2.08. The molecule has 0 bridgehead atoms. The van der Waals surface area contributed by atoms with Gasteiger partial charge < -0.3 is 10.1 Å². The third kappa shape index (κ3) is 4.87. The highest BCUT2D eigenvalue weighted by molar-refractivity contribution is 9.10. The van der Waals surface area contributed by atoms with Crippen molar-refractivity contribution in [3.8, 4) is 5.75 Å². The van der Waals surface area contributed by atoms with Crippen molar-refractivity contribution in [2.45, 2.75) is 32.9 Å². The Morgan fingerprint density at radius 3 is 2.71 bits per heavy atom. The van der Waals surface area contributed by atoms with Crippen molar-refractivity contribution in [1.29, 1.82) is 0 Å². The van der Waals surface area contributed by atoms with Crippen molar-refractivity contribution in [3.05, 3.63) is 64.1 Å². The molecule has 3 heteroatoms. The lowest BCUT2D eigenvalue weighted by Gasteiger charge is -2.16. The Bertz CT molecular complexity index is 571. The van der Waals surface area contributed by atoms with Crippen LogP contribution in [-0.2, 0) is 6.54 Å². The number of halogens is 1. The van der Waals surface area contributed by atoms with E-state index in [9.17, 15) is 0 Å². The van der Waals surface area contributed by atoms with Gasteiger partial charge in [0.2, 0.25) is 0 Å². The van der Waals surface area contributed by atoms with Crippen molar-refractivity contribution < 1.29 is 4.74 Å². The molecular formula is C18H22BrNO. The summed E-state index contributed by atoms with van der Waals surface area (Å²) in [6.45, 7) is 5.89. The van der Waals surface area contributed by atoms with Gasteiger partial charge >= 0.3 is 0 Å². The Kier molecular flexibility index (Phi) is 6.27. The van der Waals surface area contributed by atoms with Crippen LogP contribution in [0.3, 0.4) is 0 Å². The standard InChI is InChI=1S/C18H22BrNO/c1-3-11-21-16-8-6-7-15(12-16)13-20-14(2)17-9-4-5-10-18(17)19/h4-10,12,14,20H,3,11,13H2,1-2H3/t14-/m1/s1. The first-order valence-corrected chi connectivity index (χ1v) is 8.19. The molecule has 0 amide bonds. The molecule has 2 aromatic rings. The average Bonchev–Trinajstić information content (AvgIpc) is 2.51. The van der Waals surface area contributed by atoms with Crippen molar-refractivity contribution in [3.63, 3.8) is 0 Å². The predicted molar refractivity (Wildman–Crippen MR) is 91.6 cm³/mol.